The Kier molecular flexibility index (Phi) is 6.73. The van der Waals surface area contributed by atoms with E-state index in [4.69, 9.17) is 5.11 Å². The van der Waals surface area contributed by atoms with E-state index in [2.05, 4.69) is 25.1 Å². The molecule has 0 saturated carbocycles. The fourth-order valence-electron chi connectivity index (χ4n) is 1.62. The van der Waals surface area contributed by atoms with Crippen LogP contribution in [0, 0.1) is 0 Å². The van der Waals surface area contributed by atoms with E-state index in [0.717, 1.165) is 19.4 Å². The van der Waals surface area contributed by atoms with Gasteiger partial charge >= 0.3 is 108 Å². The van der Waals surface area contributed by atoms with Gasteiger partial charge in [0.1, 0.15) is 0 Å². The molecular formula is C12H18InNO2. The molecule has 0 aromatic heterocycles. The number of hydrogen-bond donors (Lipinski definition) is 2. The van der Waals surface area contributed by atoms with Gasteiger partial charge in [0, 0.05) is 0 Å². The summed E-state index contributed by atoms with van der Waals surface area (Å²) in [6.07, 6.45) is 7.06. The Morgan fingerprint density at radius 2 is 2.44 bits per heavy atom. The Morgan fingerprint density at radius 1 is 1.62 bits per heavy atom. The summed E-state index contributed by atoms with van der Waals surface area (Å²) in [5.74, 6) is -0.746. The predicted octanol–water partition coefficient (Wildman–Crippen LogP) is 1.18. The van der Waals surface area contributed by atoms with Gasteiger partial charge in [-0.15, -0.1) is 0 Å². The van der Waals surface area contributed by atoms with Crippen LogP contribution in [-0.4, -0.2) is 49.8 Å². The number of carboxylic acid groups (broad SMARTS) is 1. The van der Waals surface area contributed by atoms with Crippen molar-refractivity contribution in [2.75, 3.05) is 6.54 Å². The van der Waals surface area contributed by atoms with Crippen molar-refractivity contribution in [3.8, 4) is 0 Å². The molecule has 1 rings (SSSR count). The fourth-order valence-corrected chi connectivity index (χ4v) is 4.12. The Balaban J connectivity index is 2.16. The molecule has 0 spiro atoms. The van der Waals surface area contributed by atoms with Gasteiger partial charge in [-0.2, -0.15) is 0 Å². The summed E-state index contributed by atoms with van der Waals surface area (Å²) in [5.41, 5.74) is 1.44. The number of carboxylic acids is 1. The van der Waals surface area contributed by atoms with Crippen LogP contribution in [0.5, 0.6) is 0 Å². The first kappa shape index (κ1) is 13.7. The molecular weight excluding hydrogens is 305 g/mol. The zero-order valence-corrected chi connectivity index (χ0v) is 12.9. The van der Waals surface area contributed by atoms with Gasteiger partial charge in [0.25, 0.3) is 0 Å². The molecule has 0 aromatic rings. The second-order valence-corrected chi connectivity index (χ2v) is 6.99. The average Bonchev–Trinajstić information content (AvgIpc) is 2.30. The third-order valence-electron chi connectivity index (χ3n) is 2.58. The summed E-state index contributed by atoms with van der Waals surface area (Å²) >= 11 is -0.505. The van der Waals surface area contributed by atoms with E-state index >= 15 is 0 Å². The van der Waals surface area contributed by atoms with Gasteiger partial charge < -0.3 is 0 Å². The molecule has 4 heteroatoms. The average molecular weight is 323 g/mol. The van der Waals surface area contributed by atoms with Crippen LogP contribution in [0.3, 0.4) is 0 Å². The number of aliphatic carboxylic acids is 1. The third-order valence-corrected chi connectivity index (χ3v) is 5.62. The normalized spacial score (nSPS) is 15.4. The quantitative estimate of drug-likeness (QED) is 0.692. The van der Waals surface area contributed by atoms with Crippen molar-refractivity contribution in [1.29, 1.82) is 0 Å². The van der Waals surface area contributed by atoms with Gasteiger partial charge in [0.05, 0.1) is 0 Å². The van der Waals surface area contributed by atoms with Crippen molar-refractivity contribution < 1.29 is 9.90 Å². The first-order chi connectivity index (χ1) is 7.74. The topological polar surface area (TPSA) is 49.3 Å². The first-order valence-electron chi connectivity index (χ1n) is 5.74. The van der Waals surface area contributed by atoms with Gasteiger partial charge in [-0.3, -0.25) is 0 Å². The zero-order chi connectivity index (χ0) is 11.8. The van der Waals surface area contributed by atoms with Crippen LogP contribution in [0.15, 0.2) is 21.6 Å². The van der Waals surface area contributed by atoms with Crippen LogP contribution < -0.4 is 5.32 Å². The van der Waals surface area contributed by atoms with Crippen molar-refractivity contribution in [3.63, 3.8) is 0 Å². The molecule has 0 radical (unpaired) electrons. The number of allylic oxidation sites excluding steroid dienone is 3. The predicted molar refractivity (Wildman–Crippen MR) is 68.0 cm³/mol. The summed E-state index contributed by atoms with van der Waals surface area (Å²) in [5, 5.41) is 11.9. The van der Waals surface area contributed by atoms with E-state index in [0.29, 0.717) is 6.42 Å². The molecule has 0 aromatic carbocycles. The van der Waals surface area contributed by atoms with Crippen LogP contribution in [0.4, 0.5) is 0 Å². The molecule has 1 aliphatic heterocycles. The maximum absolute atomic E-state index is 10.7. The van der Waals surface area contributed by atoms with Crippen LogP contribution in [-0.2, 0) is 4.79 Å². The van der Waals surface area contributed by atoms with Crippen molar-refractivity contribution in [2.24, 2.45) is 0 Å². The molecule has 0 amide bonds. The third kappa shape index (κ3) is 5.12. The van der Waals surface area contributed by atoms with Crippen LogP contribution in [0.25, 0.3) is 0 Å². The van der Waals surface area contributed by atoms with Crippen LogP contribution in [0.1, 0.15) is 26.2 Å². The molecule has 86 valence electrons. The molecule has 0 bridgehead atoms. The number of hydrogen-bond acceptors (Lipinski definition) is 2. The monoisotopic (exact) mass is 323 g/mol. The van der Waals surface area contributed by atoms with Gasteiger partial charge in [0.2, 0.25) is 0 Å². The molecule has 16 heavy (non-hydrogen) atoms. The van der Waals surface area contributed by atoms with Gasteiger partial charge in [-0.1, -0.05) is 0 Å². The van der Waals surface area contributed by atoms with E-state index in [-0.39, 0.29) is 6.04 Å². The van der Waals surface area contributed by atoms with E-state index < -0.39 is 28.4 Å². The van der Waals surface area contributed by atoms with Gasteiger partial charge in [-0.05, 0) is 0 Å². The Labute approximate surface area is 107 Å². The Hall–Kier alpha value is -0.350. The molecule has 0 unspecified atom stereocenters. The Bertz CT molecular complexity index is 321. The molecule has 2 N–H and O–H groups in total. The van der Waals surface area contributed by atoms with Gasteiger partial charge in [-0.25, -0.2) is 0 Å². The maximum atomic E-state index is 10.7. The van der Waals surface area contributed by atoms with E-state index in [1.54, 1.807) is 0 Å². The molecule has 1 heterocycles. The minimum atomic E-state index is -0.746. The molecule has 0 saturated heterocycles. The second-order valence-electron chi connectivity index (χ2n) is 3.84. The number of carbonyl (C=O) groups is 1. The minimum absolute atomic E-state index is 0.387. The second kappa shape index (κ2) is 7.85. The van der Waals surface area contributed by atoms with E-state index in [1.165, 1.54) is 5.57 Å². The number of rotatable bonds is 7. The van der Waals surface area contributed by atoms with Crippen LogP contribution in [0.2, 0.25) is 0 Å². The van der Waals surface area contributed by atoms with E-state index in [1.807, 2.05) is 6.92 Å². The molecule has 1 aliphatic rings. The summed E-state index contributed by atoms with van der Waals surface area (Å²) in [4.78, 5) is 10.7. The standard InChI is InChI=1S/C12H18NO2.In/c1-4-7-10(3)8-6-9-13-11(5-2)12(14)15;/h1,3-4,7,11,13H,5-6,8-9H2,2H3,(H,14,15);/t11-;/m0./s1. The molecule has 3 nitrogen and oxygen atoms in total. The Morgan fingerprint density at radius 3 is 3.00 bits per heavy atom. The van der Waals surface area contributed by atoms with Crippen molar-refractivity contribution in [3.05, 3.63) is 21.6 Å². The van der Waals surface area contributed by atoms with Crippen LogP contribution >= 0.6 is 0 Å². The molecule has 0 aliphatic carbocycles. The summed E-state index contributed by atoms with van der Waals surface area (Å²) in [6.45, 7) is 2.68. The van der Waals surface area contributed by atoms with E-state index in [9.17, 15) is 4.79 Å². The summed E-state index contributed by atoms with van der Waals surface area (Å²) in [7, 11) is 0. The first-order valence-corrected chi connectivity index (χ1v) is 9.54. The van der Waals surface area contributed by atoms with Gasteiger partial charge in [0.15, 0.2) is 0 Å². The SMILES string of the molecule is CC[C@H](NCCCC1=CC=[CH][In]=[CH]1)C(=O)O. The fraction of sp³-hybridized carbons (Fsp3) is 0.500. The molecule has 0 fully saturated rings. The zero-order valence-electron chi connectivity index (χ0n) is 9.65. The van der Waals surface area contributed by atoms with Crippen molar-refractivity contribution in [2.45, 2.75) is 32.2 Å². The number of nitrogens with one attached hydrogen (secondary N) is 1. The summed E-state index contributed by atoms with van der Waals surface area (Å²) in [6, 6.07) is -0.387. The van der Waals surface area contributed by atoms with Crippen molar-refractivity contribution >= 4 is 32.2 Å². The summed E-state index contributed by atoms with van der Waals surface area (Å²) < 4.78 is 4.72. The molecule has 1 atom stereocenters. The van der Waals surface area contributed by atoms with Crippen molar-refractivity contribution in [1.82, 2.24) is 5.32 Å².